The molecule has 0 amide bonds. The monoisotopic (exact) mass is 299 g/mol. The second-order valence-electron chi connectivity index (χ2n) is 3.14. The number of rotatable bonds is 1. The fourth-order valence-corrected chi connectivity index (χ4v) is 2.02. The van der Waals surface area contributed by atoms with Gasteiger partial charge in [-0.2, -0.15) is 0 Å². The van der Waals surface area contributed by atoms with Gasteiger partial charge < -0.3 is 4.74 Å². The Morgan fingerprint density at radius 1 is 1.50 bits per heavy atom. The minimum absolute atomic E-state index is 0.277. The molecule has 1 heterocycles. The lowest BCUT2D eigenvalue weighted by Gasteiger charge is -2.05. The molecule has 82 valence electrons. The van der Waals surface area contributed by atoms with Crippen molar-refractivity contribution >= 4 is 44.4 Å². The molecule has 0 radical (unpaired) electrons. The third-order valence-electron chi connectivity index (χ3n) is 2.17. The van der Waals surface area contributed by atoms with Gasteiger partial charge in [-0.05, 0) is 12.1 Å². The number of methoxy groups -OCH3 is 1. The van der Waals surface area contributed by atoms with E-state index < -0.39 is 5.97 Å². The topological polar surface area (TPSA) is 39.2 Å². The van der Waals surface area contributed by atoms with Crippen LogP contribution >= 0.6 is 27.5 Å². The van der Waals surface area contributed by atoms with Crippen molar-refractivity contribution in [1.29, 1.82) is 0 Å². The first-order chi connectivity index (χ1) is 7.63. The molecule has 0 saturated heterocycles. The molecule has 0 saturated carbocycles. The van der Waals surface area contributed by atoms with E-state index in [4.69, 9.17) is 11.6 Å². The zero-order valence-corrected chi connectivity index (χ0v) is 10.7. The van der Waals surface area contributed by atoms with Crippen LogP contribution in [0.1, 0.15) is 10.4 Å². The van der Waals surface area contributed by atoms with Gasteiger partial charge in [0.15, 0.2) is 0 Å². The highest BCUT2D eigenvalue weighted by atomic mass is 79.9. The summed E-state index contributed by atoms with van der Waals surface area (Å²) in [5, 5.41) is 1.09. The highest BCUT2D eigenvalue weighted by molar-refractivity contribution is 9.10. The number of esters is 1. The fraction of sp³-hybridized carbons (Fsp3) is 0.0909. The molecule has 16 heavy (non-hydrogen) atoms. The quantitative estimate of drug-likeness (QED) is 0.757. The minimum atomic E-state index is -0.484. The molecule has 0 unspecified atom stereocenters. The number of nitrogens with zero attached hydrogens (tertiary/aromatic N) is 1. The van der Waals surface area contributed by atoms with Gasteiger partial charge in [-0.1, -0.05) is 33.6 Å². The van der Waals surface area contributed by atoms with Gasteiger partial charge in [0.2, 0.25) is 0 Å². The summed E-state index contributed by atoms with van der Waals surface area (Å²) in [7, 11) is 1.31. The predicted molar refractivity (Wildman–Crippen MR) is 65.8 cm³/mol. The molecule has 0 aliphatic carbocycles. The van der Waals surface area contributed by atoms with Crippen LogP contribution < -0.4 is 0 Å². The number of ether oxygens (including phenoxy) is 1. The van der Waals surface area contributed by atoms with E-state index in [0.29, 0.717) is 5.02 Å². The highest BCUT2D eigenvalue weighted by Crippen LogP contribution is 2.28. The lowest BCUT2D eigenvalue weighted by Crippen LogP contribution is -2.03. The molecule has 2 aromatic rings. The summed E-state index contributed by atoms with van der Waals surface area (Å²) in [5.74, 6) is -0.484. The first-order valence-electron chi connectivity index (χ1n) is 4.45. The summed E-state index contributed by atoms with van der Waals surface area (Å²) in [6.45, 7) is 0. The standard InChI is InChI=1S/C11H7BrClNO2/c1-16-11(15)8-5-14-9-4-6(12)2-3-7(9)10(8)13/h2-5H,1H3. The van der Waals surface area contributed by atoms with E-state index in [1.54, 1.807) is 6.07 Å². The van der Waals surface area contributed by atoms with Crippen LogP contribution in [-0.2, 0) is 4.74 Å². The summed E-state index contributed by atoms with van der Waals surface area (Å²) >= 11 is 9.45. The molecule has 0 aliphatic rings. The maximum absolute atomic E-state index is 11.4. The summed E-state index contributed by atoms with van der Waals surface area (Å²) in [4.78, 5) is 15.5. The SMILES string of the molecule is COC(=O)c1cnc2cc(Br)ccc2c1Cl. The van der Waals surface area contributed by atoms with E-state index in [2.05, 4.69) is 25.7 Å². The Morgan fingerprint density at radius 2 is 2.25 bits per heavy atom. The third-order valence-corrected chi connectivity index (χ3v) is 3.07. The fourth-order valence-electron chi connectivity index (χ4n) is 1.39. The van der Waals surface area contributed by atoms with E-state index in [1.807, 2.05) is 12.1 Å². The van der Waals surface area contributed by atoms with E-state index in [9.17, 15) is 4.79 Å². The summed E-state index contributed by atoms with van der Waals surface area (Å²) in [6.07, 6.45) is 1.42. The second kappa shape index (κ2) is 4.39. The van der Waals surface area contributed by atoms with Crippen molar-refractivity contribution in [3.05, 3.63) is 39.5 Å². The maximum Gasteiger partial charge on any atom is 0.340 e. The zero-order chi connectivity index (χ0) is 11.7. The number of carbonyl (C=O) groups is 1. The van der Waals surface area contributed by atoms with Crippen LogP contribution in [0.2, 0.25) is 5.02 Å². The van der Waals surface area contributed by atoms with Gasteiger partial charge in [-0.3, -0.25) is 4.98 Å². The molecule has 3 nitrogen and oxygen atoms in total. The van der Waals surface area contributed by atoms with Crippen LogP contribution in [0.5, 0.6) is 0 Å². The van der Waals surface area contributed by atoms with Crippen LogP contribution in [0.15, 0.2) is 28.9 Å². The largest absolute Gasteiger partial charge is 0.465 e. The van der Waals surface area contributed by atoms with Gasteiger partial charge in [-0.25, -0.2) is 4.79 Å². The first-order valence-corrected chi connectivity index (χ1v) is 5.62. The molecule has 5 heteroatoms. The average Bonchev–Trinajstić information content (AvgIpc) is 2.28. The van der Waals surface area contributed by atoms with E-state index in [1.165, 1.54) is 13.3 Å². The Balaban J connectivity index is 2.70. The molecule has 0 spiro atoms. The number of pyridine rings is 1. The van der Waals surface area contributed by atoms with Crippen molar-refractivity contribution < 1.29 is 9.53 Å². The lowest BCUT2D eigenvalue weighted by molar-refractivity contribution is 0.0600. The molecule has 0 atom stereocenters. The molecule has 2 rings (SSSR count). The molecule has 0 aliphatic heterocycles. The van der Waals surface area contributed by atoms with Crippen molar-refractivity contribution in [3.63, 3.8) is 0 Å². The van der Waals surface area contributed by atoms with Gasteiger partial charge >= 0.3 is 5.97 Å². The molecule has 0 N–H and O–H groups in total. The van der Waals surface area contributed by atoms with Crippen LogP contribution in [-0.4, -0.2) is 18.1 Å². The molecular formula is C11H7BrClNO2. The van der Waals surface area contributed by atoms with Gasteiger partial charge in [-0.15, -0.1) is 0 Å². The number of hydrogen-bond acceptors (Lipinski definition) is 3. The van der Waals surface area contributed by atoms with Crippen LogP contribution in [0.4, 0.5) is 0 Å². The number of fused-ring (bicyclic) bond motifs is 1. The van der Waals surface area contributed by atoms with Gasteiger partial charge in [0.1, 0.15) is 0 Å². The molecule has 0 bridgehead atoms. The summed E-state index contributed by atoms with van der Waals surface area (Å²) in [6, 6.07) is 5.49. The van der Waals surface area contributed by atoms with Gasteiger partial charge in [0.25, 0.3) is 0 Å². The second-order valence-corrected chi connectivity index (χ2v) is 4.43. The molecule has 1 aromatic carbocycles. The maximum atomic E-state index is 11.4. The number of hydrogen-bond donors (Lipinski definition) is 0. The van der Waals surface area contributed by atoms with Crippen molar-refractivity contribution in [2.24, 2.45) is 0 Å². The minimum Gasteiger partial charge on any atom is -0.465 e. The normalized spacial score (nSPS) is 10.4. The number of aromatic nitrogens is 1. The van der Waals surface area contributed by atoms with Gasteiger partial charge in [0.05, 0.1) is 23.2 Å². The molecule has 1 aromatic heterocycles. The summed E-state index contributed by atoms with van der Waals surface area (Å²) < 4.78 is 5.53. The Bertz CT molecular complexity index is 571. The Morgan fingerprint density at radius 3 is 2.94 bits per heavy atom. The predicted octanol–water partition coefficient (Wildman–Crippen LogP) is 3.44. The Hall–Kier alpha value is -1.13. The first kappa shape index (κ1) is 11.4. The average molecular weight is 301 g/mol. The number of carbonyl (C=O) groups excluding carboxylic acids is 1. The Kier molecular flexibility index (Phi) is 3.12. The molecular weight excluding hydrogens is 293 g/mol. The number of benzene rings is 1. The summed E-state index contributed by atoms with van der Waals surface area (Å²) in [5.41, 5.74) is 1.01. The number of halogens is 2. The van der Waals surface area contributed by atoms with E-state index >= 15 is 0 Å². The van der Waals surface area contributed by atoms with Gasteiger partial charge in [0, 0.05) is 16.1 Å². The highest BCUT2D eigenvalue weighted by Gasteiger charge is 2.14. The van der Waals surface area contributed by atoms with E-state index in [0.717, 1.165) is 15.4 Å². The van der Waals surface area contributed by atoms with Crippen LogP contribution in [0.25, 0.3) is 10.9 Å². The zero-order valence-electron chi connectivity index (χ0n) is 8.33. The van der Waals surface area contributed by atoms with Crippen molar-refractivity contribution in [2.45, 2.75) is 0 Å². The third kappa shape index (κ3) is 1.90. The van der Waals surface area contributed by atoms with Crippen molar-refractivity contribution in [3.8, 4) is 0 Å². The van der Waals surface area contributed by atoms with Crippen LogP contribution in [0, 0.1) is 0 Å². The van der Waals surface area contributed by atoms with Crippen molar-refractivity contribution in [1.82, 2.24) is 4.98 Å². The smallest absolute Gasteiger partial charge is 0.340 e. The van der Waals surface area contributed by atoms with Crippen molar-refractivity contribution in [2.75, 3.05) is 7.11 Å². The van der Waals surface area contributed by atoms with Crippen LogP contribution in [0.3, 0.4) is 0 Å². The Labute approximate surface area is 106 Å². The van der Waals surface area contributed by atoms with E-state index in [-0.39, 0.29) is 5.56 Å². The lowest BCUT2D eigenvalue weighted by atomic mass is 10.1. The molecule has 0 fully saturated rings.